The van der Waals surface area contributed by atoms with Crippen LogP contribution in [-0.2, 0) is 14.4 Å². The van der Waals surface area contributed by atoms with Crippen LogP contribution in [0.5, 0.6) is 0 Å². The summed E-state index contributed by atoms with van der Waals surface area (Å²) in [5.41, 5.74) is 0. The molecule has 90 valence electrons. The van der Waals surface area contributed by atoms with Gasteiger partial charge in [0.25, 0.3) is 0 Å². The van der Waals surface area contributed by atoms with Gasteiger partial charge in [-0.05, 0) is 12.8 Å². The Bertz CT molecular complexity index is 296. The van der Waals surface area contributed by atoms with Crippen molar-refractivity contribution in [3.63, 3.8) is 0 Å². The Morgan fingerprint density at radius 2 is 1.75 bits per heavy atom. The fraction of sp³-hybridized carbons (Fsp3) is 0.700. The van der Waals surface area contributed by atoms with Crippen molar-refractivity contribution in [1.29, 1.82) is 0 Å². The largest absolute Gasteiger partial charge is 0.481 e. The number of carboxylic acids is 2. The SMILES string of the molecule is O=C(O)C[C@@H](NC(=O)C1CCCC1)C(=O)O. The monoisotopic (exact) mass is 229 g/mol. The van der Waals surface area contributed by atoms with Gasteiger partial charge in [-0.2, -0.15) is 0 Å². The molecule has 0 aromatic heterocycles. The van der Waals surface area contributed by atoms with Gasteiger partial charge in [-0.3, -0.25) is 9.59 Å². The molecular weight excluding hydrogens is 214 g/mol. The zero-order valence-electron chi connectivity index (χ0n) is 8.81. The van der Waals surface area contributed by atoms with Gasteiger partial charge in [0.15, 0.2) is 0 Å². The Morgan fingerprint density at radius 3 is 2.19 bits per heavy atom. The molecule has 0 bridgehead atoms. The Labute approximate surface area is 92.6 Å². The van der Waals surface area contributed by atoms with Gasteiger partial charge in [0.2, 0.25) is 5.91 Å². The van der Waals surface area contributed by atoms with E-state index in [2.05, 4.69) is 5.32 Å². The van der Waals surface area contributed by atoms with Crippen LogP contribution in [0.15, 0.2) is 0 Å². The molecular formula is C10H15NO5. The Hall–Kier alpha value is -1.59. The number of carbonyl (C=O) groups excluding carboxylic acids is 1. The molecule has 6 nitrogen and oxygen atoms in total. The van der Waals surface area contributed by atoms with Gasteiger partial charge >= 0.3 is 11.9 Å². The maximum Gasteiger partial charge on any atom is 0.326 e. The molecule has 1 rings (SSSR count). The van der Waals surface area contributed by atoms with E-state index in [1.165, 1.54) is 0 Å². The Morgan fingerprint density at radius 1 is 1.19 bits per heavy atom. The highest BCUT2D eigenvalue weighted by molar-refractivity contribution is 5.87. The molecule has 0 unspecified atom stereocenters. The van der Waals surface area contributed by atoms with Crippen LogP contribution in [-0.4, -0.2) is 34.1 Å². The Balaban J connectivity index is 2.50. The minimum atomic E-state index is -1.33. The van der Waals surface area contributed by atoms with Gasteiger partial charge in [0, 0.05) is 5.92 Å². The third-order valence-corrected chi connectivity index (χ3v) is 2.72. The van der Waals surface area contributed by atoms with Gasteiger partial charge < -0.3 is 15.5 Å². The summed E-state index contributed by atoms with van der Waals surface area (Å²) >= 11 is 0. The predicted molar refractivity (Wildman–Crippen MR) is 53.8 cm³/mol. The van der Waals surface area contributed by atoms with Crippen LogP contribution in [0, 0.1) is 5.92 Å². The third kappa shape index (κ3) is 3.52. The quantitative estimate of drug-likeness (QED) is 0.625. The van der Waals surface area contributed by atoms with Crippen molar-refractivity contribution in [2.24, 2.45) is 5.92 Å². The topological polar surface area (TPSA) is 104 Å². The molecule has 1 aliphatic carbocycles. The van der Waals surface area contributed by atoms with Crippen LogP contribution in [0.3, 0.4) is 0 Å². The summed E-state index contributed by atoms with van der Waals surface area (Å²) in [6.07, 6.45) is 2.85. The summed E-state index contributed by atoms with van der Waals surface area (Å²) in [4.78, 5) is 32.7. The van der Waals surface area contributed by atoms with Gasteiger partial charge in [-0.15, -0.1) is 0 Å². The standard InChI is InChI=1S/C10H15NO5/c12-8(13)5-7(10(15)16)11-9(14)6-3-1-2-4-6/h6-7H,1-5H2,(H,11,14)(H,12,13)(H,15,16)/t7-/m1/s1. The molecule has 0 saturated heterocycles. The van der Waals surface area contributed by atoms with Crippen molar-refractivity contribution in [1.82, 2.24) is 5.32 Å². The summed E-state index contributed by atoms with van der Waals surface area (Å²) < 4.78 is 0. The van der Waals surface area contributed by atoms with Crippen LogP contribution in [0.2, 0.25) is 0 Å². The normalized spacial score (nSPS) is 18.0. The number of carbonyl (C=O) groups is 3. The zero-order valence-corrected chi connectivity index (χ0v) is 8.81. The number of hydrogen-bond acceptors (Lipinski definition) is 3. The highest BCUT2D eigenvalue weighted by Gasteiger charge is 2.28. The summed E-state index contributed by atoms with van der Waals surface area (Å²) in [5.74, 6) is -3.05. The molecule has 0 aromatic rings. The van der Waals surface area contributed by atoms with Gasteiger partial charge in [0.05, 0.1) is 6.42 Å². The van der Waals surface area contributed by atoms with Crippen molar-refractivity contribution >= 4 is 17.8 Å². The zero-order chi connectivity index (χ0) is 12.1. The average molecular weight is 229 g/mol. The van der Waals surface area contributed by atoms with E-state index in [0.717, 1.165) is 25.7 Å². The van der Waals surface area contributed by atoms with Gasteiger partial charge in [-0.1, -0.05) is 12.8 Å². The third-order valence-electron chi connectivity index (χ3n) is 2.72. The summed E-state index contributed by atoms with van der Waals surface area (Å²) in [6.45, 7) is 0. The van der Waals surface area contributed by atoms with Crippen LogP contribution in [0.25, 0.3) is 0 Å². The van der Waals surface area contributed by atoms with Crippen LogP contribution in [0.4, 0.5) is 0 Å². The molecule has 0 aliphatic heterocycles. The Kier molecular flexibility index (Phi) is 4.28. The van der Waals surface area contributed by atoms with Crippen LogP contribution in [0.1, 0.15) is 32.1 Å². The van der Waals surface area contributed by atoms with E-state index in [-0.39, 0.29) is 11.8 Å². The first-order chi connectivity index (χ1) is 7.50. The molecule has 3 N–H and O–H groups in total. The molecule has 0 heterocycles. The van der Waals surface area contributed by atoms with Crippen molar-refractivity contribution < 1.29 is 24.6 Å². The molecule has 0 spiro atoms. The fourth-order valence-electron chi connectivity index (χ4n) is 1.85. The smallest absolute Gasteiger partial charge is 0.326 e. The number of nitrogens with one attached hydrogen (secondary N) is 1. The lowest BCUT2D eigenvalue weighted by atomic mass is 10.1. The predicted octanol–water partition coefficient (Wildman–Crippen LogP) is 0.221. The van der Waals surface area contributed by atoms with Gasteiger partial charge in [0.1, 0.15) is 6.04 Å². The summed E-state index contributed by atoms with van der Waals surface area (Å²) in [5, 5.41) is 19.5. The fourth-order valence-corrected chi connectivity index (χ4v) is 1.85. The van der Waals surface area contributed by atoms with E-state index in [0.29, 0.717) is 0 Å². The van der Waals surface area contributed by atoms with Crippen molar-refractivity contribution in [3.8, 4) is 0 Å². The minimum absolute atomic E-state index is 0.157. The van der Waals surface area contributed by atoms with E-state index in [1.807, 2.05) is 0 Å². The highest BCUT2D eigenvalue weighted by atomic mass is 16.4. The molecule has 1 aliphatic rings. The number of carboxylic acid groups (broad SMARTS) is 2. The lowest BCUT2D eigenvalue weighted by Gasteiger charge is -2.15. The number of amides is 1. The first-order valence-corrected chi connectivity index (χ1v) is 5.25. The second-order valence-electron chi connectivity index (χ2n) is 3.98. The van der Waals surface area contributed by atoms with E-state index in [1.54, 1.807) is 0 Å². The van der Waals surface area contributed by atoms with E-state index in [4.69, 9.17) is 10.2 Å². The second-order valence-corrected chi connectivity index (χ2v) is 3.98. The molecule has 0 aromatic carbocycles. The maximum atomic E-state index is 11.6. The lowest BCUT2D eigenvalue weighted by Crippen LogP contribution is -2.44. The van der Waals surface area contributed by atoms with Crippen LogP contribution < -0.4 is 5.32 Å². The van der Waals surface area contributed by atoms with Crippen molar-refractivity contribution in [3.05, 3.63) is 0 Å². The number of rotatable bonds is 5. The lowest BCUT2D eigenvalue weighted by molar-refractivity contribution is -0.147. The summed E-state index contributed by atoms with van der Waals surface area (Å²) in [7, 11) is 0. The molecule has 1 saturated carbocycles. The molecule has 0 radical (unpaired) electrons. The molecule has 6 heteroatoms. The first-order valence-electron chi connectivity index (χ1n) is 5.25. The van der Waals surface area contributed by atoms with Crippen LogP contribution >= 0.6 is 0 Å². The molecule has 16 heavy (non-hydrogen) atoms. The highest BCUT2D eigenvalue weighted by Crippen LogP contribution is 2.24. The van der Waals surface area contributed by atoms with Crippen molar-refractivity contribution in [2.45, 2.75) is 38.1 Å². The van der Waals surface area contributed by atoms with Gasteiger partial charge in [-0.25, -0.2) is 4.79 Å². The summed E-state index contributed by atoms with van der Waals surface area (Å²) in [6, 6.07) is -1.33. The molecule has 1 fully saturated rings. The number of hydrogen-bond donors (Lipinski definition) is 3. The first kappa shape index (κ1) is 12.5. The number of aliphatic carboxylic acids is 2. The van der Waals surface area contributed by atoms with E-state index >= 15 is 0 Å². The molecule has 1 amide bonds. The second kappa shape index (κ2) is 5.48. The molecule has 1 atom stereocenters. The van der Waals surface area contributed by atoms with Crippen molar-refractivity contribution in [2.75, 3.05) is 0 Å². The van der Waals surface area contributed by atoms with E-state index < -0.39 is 24.4 Å². The minimum Gasteiger partial charge on any atom is -0.481 e. The maximum absolute atomic E-state index is 11.6. The van der Waals surface area contributed by atoms with E-state index in [9.17, 15) is 14.4 Å². The average Bonchev–Trinajstić information content (AvgIpc) is 2.68.